The van der Waals surface area contributed by atoms with E-state index in [4.69, 9.17) is 4.98 Å². The highest BCUT2D eigenvalue weighted by Crippen LogP contribution is 2.26. The van der Waals surface area contributed by atoms with Crippen LogP contribution in [0.4, 0.5) is 0 Å². The van der Waals surface area contributed by atoms with Crippen LogP contribution < -0.4 is 10.9 Å². The van der Waals surface area contributed by atoms with Crippen molar-refractivity contribution < 1.29 is 0 Å². The number of nitrogens with one attached hydrogen (secondary N) is 1. The van der Waals surface area contributed by atoms with E-state index < -0.39 is 0 Å². The number of hydrogen-bond acceptors (Lipinski definition) is 4. The van der Waals surface area contributed by atoms with Gasteiger partial charge in [0.2, 0.25) is 0 Å². The molecule has 142 valence electrons. The molecule has 1 aliphatic rings. The number of aromatic nitrogens is 2. The third-order valence-corrected chi connectivity index (χ3v) is 5.38. The van der Waals surface area contributed by atoms with E-state index in [1.807, 2.05) is 36.6 Å². The molecule has 2 aromatic rings. The van der Waals surface area contributed by atoms with Crippen molar-refractivity contribution in [1.29, 1.82) is 0 Å². The Morgan fingerprint density at radius 3 is 2.88 bits per heavy atom. The molecule has 2 atom stereocenters. The van der Waals surface area contributed by atoms with Gasteiger partial charge in [0.15, 0.2) is 0 Å². The highest BCUT2D eigenvalue weighted by molar-refractivity contribution is 5.78. The number of benzene rings is 1. The van der Waals surface area contributed by atoms with Gasteiger partial charge in [-0.3, -0.25) is 14.3 Å². The van der Waals surface area contributed by atoms with Crippen molar-refractivity contribution in [3.8, 4) is 0 Å². The lowest BCUT2D eigenvalue weighted by atomic mass is 10.1. The maximum Gasteiger partial charge on any atom is 0.261 e. The smallest absolute Gasteiger partial charge is 0.261 e. The number of fused-ring (bicyclic) bond motifs is 1. The monoisotopic (exact) mass is 356 g/mol. The Morgan fingerprint density at radius 1 is 1.35 bits per heavy atom. The third-order valence-electron chi connectivity index (χ3n) is 5.38. The lowest BCUT2D eigenvalue weighted by molar-refractivity contribution is 0.174. The molecule has 1 fully saturated rings. The summed E-state index contributed by atoms with van der Waals surface area (Å²) in [5.74, 6) is 0.935. The molecule has 0 spiro atoms. The fourth-order valence-electron chi connectivity index (χ4n) is 4.08. The molecule has 26 heavy (non-hydrogen) atoms. The number of rotatable bonds is 5. The van der Waals surface area contributed by atoms with Crippen molar-refractivity contribution in [3.63, 3.8) is 0 Å². The van der Waals surface area contributed by atoms with Gasteiger partial charge >= 0.3 is 0 Å². The topological polar surface area (TPSA) is 50.2 Å². The first-order valence-corrected chi connectivity index (χ1v) is 10.0. The van der Waals surface area contributed by atoms with Gasteiger partial charge in [0.1, 0.15) is 5.82 Å². The van der Waals surface area contributed by atoms with Crippen LogP contribution in [-0.4, -0.2) is 40.1 Å². The van der Waals surface area contributed by atoms with E-state index in [1.54, 1.807) is 0 Å². The molecular weight excluding hydrogens is 324 g/mol. The molecule has 1 aromatic carbocycles. The molecule has 0 radical (unpaired) electrons. The normalized spacial score (nSPS) is 20.2. The van der Waals surface area contributed by atoms with Crippen molar-refractivity contribution >= 4 is 10.9 Å². The summed E-state index contributed by atoms with van der Waals surface area (Å²) in [6, 6.07) is 6.66. The van der Waals surface area contributed by atoms with Gasteiger partial charge in [-0.25, -0.2) is 4.98 Å². The first-order valence-electron chi connectivity index (χ1n) is 10.0. The summed E-state index contributed by atoms with van der Waals surface area (Å²) in [6.45, 7) is 12.3. The van der Waals surface area contributed by atoms with Gasteiger partial charge < -0.3 is 5.32 Å². The minimum absolute atomic E-state index is 0.0956. The summed E-state index contributed by atoms with van der Waals surface area (Å²) in [7, 11) is 0. The zero-order valence-electron chi connectivity index (χ0n) is 16.6. The second-order valence-electron chi connectivity index (χ2n) is 7.55. The second-order valence-corrected chi connectivity index (χ2v) is 7.55. The summed E-state index contributed by atoms with van der Waals surface area (Å²) < 4.78 is 1.89. The van der Waals surface area contributed by atoms with E-state index >= 15 is 0 Å². The predicted octanol–water partition coefficient (Wildman–Crippen LogP) is 3.25. The number of nitrogens with zero attached hydrogens (tertiary/aromatic N) is 3. The first-order chi connectivity index (χ1) is 12.5. The Labute approximate surface area is 156 Å². The average Bonchev–Trinajstić information content (AvgIpc) is 2.84. The summed E-state index contributed by atoms with van der Waals surface area (Å²) in [5.41, 5.74) is 2.02. The maximum atomic E-state index is 13.1. The predicted molar refractivity (Wildman–Crippen MR) is 108 cm³/mol. The van der Waals surface area contributed by atoms with Gasteiger partial charge in [-0.1, -0.05) is 25.0 Å². The molecule has 1 saturated heterocycles. The molecule has 0 unspecified atom stereocenters. The van der Waals surface area contributed by atoms with Gasteiger partial charge in [0, 0.05) is 25.7 Å². The highest BCUT2D eigenvalue weighted by Gasteiger charge is 2.27. The Bertz CT molecular complexity index is 813. The third kappa shape index (κ3) is 3.84. The van der Waals surface area contributed by atoms with Crippen LogP contribution in [0.1, 0.15) is 57.5 Å². The number of hydrogen-bond donors (Lipinski definition) is 1. The standard InChI is InChI=1S/C21H32N4O/c1-5-8-19(24-12-7-11-22-16(4)14-24)20-23-18-10-9-15(3)13-17(18)21(26)25(20)6-2/h9-10,13,16,19,22H,5-8,11-12,14H2,1-4H3/t16-,19-/m1/s1. The van der Waals surface area contributed by atoms with Crippen molar-refractivity contribution in [3.05, 3.63) is 39.9 Å². The maximum absolute atomic E-state index is 13.1. The Morgan fingerprint density at radius 2 is 2.15 bits per heavy atom. The van der Waals surface area contributed by atoms with Gasteiger partial charge in [-0.2, -0.15) is 0 Å². The molecule has 1 N–H and O–H groups in total. The first kappa shape index (κ1) is 19.1. The van der Waals surface area contributed by atoms with E-state index in [9.17, 15) is 4.79 Å². The van der Waals surface area contributed by atoms with Crippen molar-refractivity contribution in [2.75, 3.05) is 19.6 Å². The van der Waals surface area contributed by atoms with Crippen molar-refractivity contribution in [2.24, 2.45) is 0 Å². The van der Waals surface area contributed by atoms with Crippen LogP contribution in [0.3, 0.4) is 0 Å². The molecule has 5 nitrogen and oxygen atoms in total. The summed E-state index contributed by atoms with van der Waals surface area (Å²) in [5, 5.41) is 4.30. The van der Waals surface area contributed by atoms with Crippen LogP contribution in [0, 0.1) is 6.92 Å². The zero-order valence-corrected chi connectivity index (χ0v) is 16.6. The molecule has 0 aliphatic carbocycles. The Balaban J connectivity index is 2.12. The minimum atomic E-state index is 0.0956. The van der Waals surface area contributed by atoms with Gasteiger partial charge in [0.05, 0.1) is 16.9 Å². The van der Waals surface area contributed by atoms with Gasteiger partial charge in [-0.05, 0) is 52.3 Å². The zero-order chi connectivity index (χ0) is 18.7. The molecular formula is C21H32N4O. The van der Waals surface area contributed by atoms with Gasteiger partial charge in [-0.15, -0.1) is 0 Å². The van der Waals surface area contributed by atoms with E-state index in [0.717, 1.165) is 61.2 Å². The van der Waals surface area contributed by atoms with E-state index in [0.29, 0.717) is 12.6 Å². The van der Waals surface area contributed by atoms with Crippen LogP contribution in [0.25, 0.3) is 10.9 Å². The molecule has 0 amide bonds. The molecule has 0 bridgehead atoms. The molecule has 2 heterocycles. The lowest BCUT2D eigenvalue weighted by Crippen LogP contribution is -2.40. The molecule has 1 aliphatic heterocycles. The van der Waals surface area contributed by atoms with Gasteiger partial charge in [0.25, 0.3) is 5.56 Å². The van der Waals surface area contributed by atoms with Crippen molar-refractivity contribution in [2.45, 2.75) is 65.6 Å². The van der Waals surface area contributed by atoms with Crippen LogP contribution in [0.15, 0.2) is 23.0 Å². The molecule has 0 saturated carbocycles. The molecule has 5 heteroatoms. The Kier molecular flexibility index (Phi) is 6.09. The van der Waals surface area contributed by atoms with Crippen LogP contribution in [0.5, 0.6) is 0 Å². The van der Waals surface area contributed by atoms with Crippen molar-refractivity contribution in [1.82, 2.24) is 19.8 Å². The minimum Gasteiger partial charge on any atom is -0.313 e. The summed E-state index contributed by atoms with van der Waals surface area (Å²) in [4.78, 5) is 20.7. The van der Waals surface area contributed by atoms with Crippen LogP contribution in [0.2, 0.25) is 0 Å². The Hall–Kier alpha value is -1.72. The lowest BCUT2D eigenvalue weighted by Gasteiger charge is -2.32. The fourth-order valence-corrected chi connectivity index (χ4v) is 4.08. The fraction of sp³-hybridized carbons (Fsp3) is 0.619. The van der Waals surface area contributed by atoms with Crippen LogP contribution >= 0.6 is 0 Å². The average molecular weight is 357 g/mol. The summed E-state index contributed by atoms with van der Waals surface area (Å²) in [6.07, 6.45) is 3.23. The van der Waals surface area contributed by atoms with Crippen LogP contribution in [-0.2, 0) is 6.54 Å². The molecule has 3 rings (SSSR count). The van der Waals surface area contributed by atoms with E-state index in [1.165, 1.54) is 0 Å². The second kappa shape index (κ2) is 8.31. The number of aryl methyl sites for hydroxylation is 1. The quantitative estimate of drug-likeness (QED) is 0.893. The molecule has 1 aromatic heterocycles. The SMILES string of the molecule is CCC[C@H](c1nc2ccc(C)cc2c(=O)n1CC)N1CCCN[C@H](C)C1. The highest BCUT2D eigenvalue weighted by atomic mass is 16.1. The largest absolute Gasteiger partial charge is 0.313 e. The van der Waals surface area contributed by atoms with E-state index in [-0.39, 0.29) is 11.6 Å². The summed E-state index contributed by atoms with van der Waals surface area (Å²) >= 11 is 0. The van der Waals surface area contributed by atoms with E-state index in [2.05, 4.69) is 24.1 Å².